The van der Waals surface area contributed by atoms with Crippen LogP contribution < -0.4 is 10.6 Å². The zero-order valence-corrected chi connectivity index (χ0v) is 14.0. The molecule has 0 aliphatic rings. The van der Waals surface area contributed by atoms with E-state index in [9.17, 15) is 0 Å². The minimum absolute atomic E-state index is 0.545. The molecule has 0 amide bonds. The van der Waals surface area contributed by atoms with Gasteiger partial charge in [0.15, 0.2) is 5.11 Å². The Bertz CT molecular complexity index is 651. The summed E-state index contributed by atoms with van der Waals surface area (Å²) in [5, 5.41) is 11.8. The number of hydrogen-bond donors (Lipinski definition) is 2. The van der Waals surface area contributed by atoms with E-state index < -0.39 is 0 Å². The maximum Gasteiger partial charge on any atom is 0.171 e. The predicted molar refractivity (Wildman–Crippen MR) is 91.9 cm³/mol. The van der Waals surface area contributed by atoms with Crippen LogP contribution in [0.2, 0.25) is 5.02 Å². The van der Waals surface area contributed by atoms with Crippen molar-refractivity contribution in [1.82, 2.24) is 15.1 Å². The lowest BCUT2D eigenvalue weighted by Crippen LogP contribution is -2.29. The highest BCUT2D eigenvalue weighted by atomic mass is 35.5. The van der Waals surface area contributed by atoms with Gasteiger partial charge in [0, 0.05) is 12.2 Å². The van der Waals surface area contributed by atoms with Crippen LogP contribution in [0.25, 0.3) is 0 Å². The fraction of sp³-hybridized carbons (Fsp3) is 0.333. The highest BCUT2D eigenvalue weighted by Crippen LogP contribution is 2.17. The number of nitrogens with zero attached hydrogens (tertiary/aromatic N) is 2. The fourth-order valence-corrected chi connectivity index (χ4v) is 2.43. The molecular weight excluding hydrogens is 304 g/mol. The highest BCUT2D eigenvalue weighted by molar-refractivity contribution is 7.80. The summed E-state index contributed by atoms with van der Waals surface area (Å²) in [4.78, 5) is 0. The number of anilines is 1. The van der Waals surface area contributed by atoms with E-state index in [4.69, 9.17) is 23.8 Å². The van der Waals surface area contributed by atoms with Gasteiger partial charge >= 0.3 is 0 Å². The Kier molecular flexibility index (Phi) is 5.20. The topological polar surface area (TPSA) is 41.9 Å². The molecule has 0 radical (unpaired) electrons. The molecule has 0 saturated carbocycles. The molecule has 1 aromatic carbocycles. The molecule has 0 aliphatic heterocycles. The lowest BCUT2D eigenvalue weighted by atomic mass is 10.1. The summed E-state index contributed by atoms with van der Waals surface area (Å²) in [6.45, 7) is 7.46. The van der Waals surface area contributed by atoms with Crippen molar-refractivity contribution < 1.29 is 0 Å². The molecule has 4 nitrogen and oxygen atoms in total. The molecule has 0 saturated heterocycles. The quantitative estimate of drug-likeness (QED) is 0.843. The van der Waals surface area contributed by atoms with E-state index in [0.717, 1.165) is 23.5 Å². The molecule has 0 unspecified atom stereocenters. The van der Waals surface area contributed by atoms with E-state index in [2.05, 4.69) is 40.9 Å². The second-order valence-corrected chi connectivity index (χ2v) is 5.70. The van der Waals surface area contributed by atoms with E-state index >= 15 is 0 Å². The summed E-state index contributed by atoms with van der Waals surface area (Å²) >= 11 is 11.5. The molecule has 0 atom stereocenters. The van der Waals surface area contributed by atoms with Crippen LogP contribution in [0.15, 0.2) is 24.4 Å². The lowest BCUT2D eigenvalue weighted by Gasteiger charge is -2.14. The van der Waals surface area contributed by atoms with Gasteiger partial charge in [0.1, 0.15) is 0 Å². The first-order valence-corrected chi connectivity index (χ1v) is 7.62. The van der Waals surface area contributed by atoms with Crippen molar-refractivity contribution >= 4 is 34.6 Å². The summed E-state index contributed by atoms with van der Waals surface area (Å²) in [6.07, 6.45) is 1.66. The van der Waals surface area contributed by atoms with E-state index in [1.54, 1.807) is 6.20 Å². The molecule has 2 N–H and O–H groups in total. The number of thiocarbonyl (C=S) groups is 1. The zero-order chi connectivity index (χ0) is 15.4. The Labute approximate surface area is 135 Å². The first kappa shape index (κ1) is 15.8. The maximum absolute atomic E-state index is 6.13. The summed E-state index contributed by atoms with van der Waals surface area (Å²) in [5.41, 5.74) is 4.30. The van der Waals surface area contributed by atoms with Crippen LogP contribution in [0.1, 0.15) is 23.7 Å². The predicted octanol–water partition coefficient (Wildman–Crippen LogP) is 3.66. The van der Waals surface area contributed by atoms with Crippen molar-refractivity contribution in [3.8, 4) is 0 Å². The molecule has 1 heterocycles. The monoisotopic (exact) mass is 322 g/mol. The Morgan fingerprint density at radius 3 is 2.86 bits per heavy atom. The minimum Gasteiger partial charge on any atom is -0.357 e. The molecule has 0 bridgehead atoms. The summed E-state index contributed by atoms with van der Waals surface area (Å²) in [5.74, 6) is 0. The molecule has 1 aromatic heterocycles. The second kappa shape index (κ2) is 6.91. The zero-order valence-electron chi connectivity index (χ0n) is 12.4. The van der Waals surface area contributed by atoms with Gasteiger partial charge in [-0.1, -0.05) is 23.7 Å². The van der Waals surface area contributed by atoms with Crippen LogP contribution in [0.5, 0.6) is 0 Å². The fourth-order valence-electron chi connectivity index (χ4n) is 2.04. The van der Waals surface area contributed by atoms with Crippen LogP contribution in [0.4, 0.5) is 5.69 Å². The van der Waals surface area contributed by atoms with E-state index in [-0.39, 0.29) is 0 Å². The van der Waals surface area contributed by atoms with Gasteiger partial charge in [-0.3, -0.25) is 4.68 Å². The van der Waals surface area contributed by atoms with Gasteiger partial charge in [0.2, 0.25) is 0 Å². The summed E-state index contributed by atoms with van der Waals surface area (Å²) < 4.78 is 1.86. The standard InChI is InChI=1S/C15H19ClN4S/c1-4-20-14(12(16)8-18-20)9-17-15(21)19-13-7-10(2)5-6-11(13)3/h5-8H,4,9H2,1-3H3,(H2,17,19,21). The highest BCUT2D eigenvalue weighted by Gasteiger charge is 2.08. The molecule has 0 fully saturated rings. The van der Waals surface area contributed by atoms with Crippen molar-refractivity contribution in [3.63, 3.8) is 0 Å². The normalized spacial score (nSPS) is 10.5. The van der Waals surface area contributed by atoms with Gasteiger partial charge in [-0.15, -0.1) is 0 Å². The van der Waals surface area contributed by atoms with Crippen LogP contribution in [0, 0.1) is 13.8 Å². The molecule has 6 heteroatoms. The Balaban J connectivity index is 1.99. The lowest BCUT2D eigenvalue weighted by molar-refractivity contribution is 0.614. The number of aromatic nitrogens is 2. The Morgan fingerprint density at radius 2 is 2.14 bits per heavy atom. The van der Waals surface area contributed by atoms with Gasteiger partial charge in [0.25, 0.3) is 0 Å². The van der Waals surface area contributed by atoms with E-state index in [1.165, 1.54) is 5.56 Å². The summed E-state index contributed by atoms with van der Waals surface area (Å²) in [6, 6.07) is 6.23. The van der Waals surface area contributed by atoms with Gasteiger partial charge in [0.05, 0.1) is 23.5 Å². The van der Waals surface area contributed by atoms with Gasteiger partial charge < -0.3 is 10.6 Å². The third kappa shape index (κ3) is 3.95. The van der Waals surface area contributed by atoms with Crippen LogP contribution in [-0.2, 0) is 13.1 Å². The van der Waals surface area contributed by atoms with Crippen molar-refractivity contribution in [2.24, 2.45) is 0 Å². The number of aryl methyl sites for hydroxylation is 3. The van der Waals surface area contributed by atoms with E-state index in [0.29, 0.717) is 16.7 Å². The second-order valence-electron chi connectivity index (χ2n) is 4.88. The number of halogens is 1. The average molecular weight is 323 g/mol. The van der Waals surface area contributed by atoms with Crippen LogP contribution in [-0.4, -0.2) is 14.9 Å². The smallest absolute Gasteiger partial charge is 0.171 e. The van der Waals surface area contributed by atoms with E-state index in [1.807, 2.05) is 18.5 Å². The van der Waals surface area contributed by atoms with Crippen molar-refractivity contribution in [2.75, 3.05) is 5.32 Å². The largest absolute Gasteiger partial charge is 0.357 e. The molecule has 0 spiro atoms. The number of benzene rings is 1. The Morgan fingerprint density at radius 1 is 1.38 bits per heavy atom. The van der Waals surface area contributed by atoms with Gasteiger partial charge in [-0.2, -0.15) is 5.10 Å². The third-order valence-electron chi connectivity index (χ3n) is 3.25. The first-order valence-electron chi connectivity index (χ1n) is 6.83. The average Bonchev–Trinajstić information content (AvgIpc) is 2.81. The number of hydrogen-bond acceptors (Lipinski definition) is 2. The minimum atomic E-state index is 0.545. The number of nitrogens with one attached hydrogen (secondary N) is 2. The molecule has 2 rings (SSSR count). The summed E-state index contributed by atoms with van der Waals surface area (Å²) in [7, 11) is 0. The first-order chi connectivity index (χ1) is 10.0. The maximum atomic E-state index is 6.13. The van der Waals surface area contributed by atoms with Crippen molar-refractivity contribution in [3.05, 3.63) is 46.2 Å². The van der Waals surface area contributed by atoms with Crippen LogP contribution >= 0.6 is 23.8 Å². The van der Waals surface area contributed by atoms with Gasteiger partial charge in [-0.05, 0) is 50.2 Å². The molecule has 21 heavy (non-hydrogen) atoms. The number of rotatable bonds is 4. The molecule has 2 aromatic rings. The molecular formula is C15H19ClN4S. The van der Waals surface area contributed by atoms with Gasteiger partial charge in [-0.25, -0.2) is 0 Å². The molecule has 0 aliphatic carbocycles. The van der Waals surface area contributed by atoms with Crippen LogP contribution in [0.3, 0.4) is 0 Å². The Hall–Kier alpha value is -1.59. The SMILES string of the molecule is CCn1ncc(Cl)c1CNC(=S)Nc1cc(C)ccc1C. The third-order valence-corrected chi connectivity index (χ3v) is 3.82. The van der Waals surface area contributed by atoms with Crippen molar-refractivity contribution in [1.29, 1.82) is 0 Å². The molecule has 112 valence electrons. The van der Waals surface area contributed by atoms with Crippen molar-refractivity contribution in [2.45, 2.75) is 33.9 Å².